The molecule has 3 nitrogen and oxygen atoms in total. The van der Waals surface area contributed by atoms with Crippen LogP contribution >= 0.6 is 34.5 Å². The van der Waals surface area contributed by atoms with Crippen LogP contribution in [0.3, 0.4) is 0 Å². The maximum Gasteiger partial charge on any atom is 0.146 e. The zero-order chi connectivity index (χ0) is 14.7. The summed E-state index contributed by atoms with van der Waals surface area (Å²) in [6.45, 7) is 0. The number of hydrogen-bond acceptors (Lipinski definition) is 4. The van der Waals surface area contributed by atoms with Gasteiger partial charge in [0.05, 0.1) is 26.7 Å². The Hall–Kier alpha value is -1.10. The van der Waals surface area contributed by atoms with Crippen molar-refractivity contribution in [2.24, 2.45) is 0 Å². The lowest BCUT2D eigenvalue weighted by Crippen LogP contribution is -1.98. The van der Waals surface area contributed by atoms with E-state index in [2.05, 4.69) is 0 Å². The number of ether oxygens (including phenoxy) is 3. The number of halogens is 2. The van der Waals surface area contributed by atoms with Crippen LogP contribution in [0.1, 0.15) is 15.8 Å². The third-order valence-corrected chi connectivity index (χ3v) is 4.80. The number of hydrogen-bond donors (Lipinski definition) is 0. The van der Waals surface area contributed by atoms with Crippen LogP contribution in [-0.4, -0.2) is 21.3 Å². The molecule has 0 aliphatic heterocycles. The first kappa shape index (κ1) is 15.3. The van der Waals surface area contributed by atoms with Crippen LogP contribution < -0.4 is 14.2 Å². The minimum Gasteiger partial charge on any atom is -0.496 e. The molecule has 0 fully saturated rings. The molecule has 0 saturated heterocycles. The molecule has 0 aliphatic carbocycles. The highest BCUT2D eigenvalue weighted by Gasteiger charge is 2.21. The summed E-state index contributed by atoms with van der Waals surface area (Å²) in [6.07, 6.45) is 0. The summed E-state index contributed by atoms with van der Waals surface area (Å²) in [5.41, 5.74) is 0.796. The molecule has 1 aromatic heterocycles. The fraction of sp³-hybridized carbons (Fsp3) is 0.286. The van der Waals surface area contributed by atoms with Crippen molar-refractivity contribution < 1.29 is 14.2 Å². The van der Waals surface area contributed by atoms with E-state index in [9.17, 15) is 0 Å². The Bertz CT molecular complexity index is 598. The van der Waals surface area contributed by atoms with Crippen molar-refractivity contribution in [2.45, 2.75) is 5.38 Å². The Morgan fingerprint density at radius 1 is 1.10 bits per heavy atom. The lowest BCUT2D eigenvalue weighted by molar-refractivity contribution is 0.392. The summed E-state index contributed by atoms with van der Waals surface area (Å²) >= 11 is 14.3. The maximum atomic E-state index is 6.53. The van der Waals surface area contributed by atoms with Crippen molar-refractivity contribution in [2.75, 3.05) is 21.3 Å². The Morgan fingerprint density at radius 3 is 2.40 bits per heavy atom. The van der Waals surface area contributed by atoms with Crippen molar-refractivity contribution in [3.05, 3.63) is 39.0 Å². The zero-order valence-electron chi connectivity index (χ0n) is 11.3. The first-order valence-corrected chi connectivity index (χ1v) is 7.48. The molecular weight excluding hydrogens is 319 g/mol. The number of alkyl halides is 1. The summed E-state index contributed by atoms with van der Waals surface area (Å²) in [7, 11) is 4.74. The zero-order valence-corrected chi connectivity index (χ0v) is 13.6. The lowest BCUT2D eigenvalue weighted by Gasteiger charge is -2.16. The minimum atomic E-state index is -0.359. The number of thiophene rings is 1. The van der Waals surface area contributed by atoms with Crippen LogP contribution in [0.4, 0.5) is 0 Å². The van der Waals surface area contributed by atoms with Crippen LogP contribution in [0.5, 0.6) is 17.2 Å². The van der Waals surface area contributed by atoms with Gasteiger partial charge in [-0.25, -0.2) is 0 Å². The molecule has 2 aromatic rings. The smallest absolute Gasteiger partial charge is 0.146 e. The average molecular weight is 333 g/mol. The Kier molecular flexibility index (Phi) is 5.02. The van der Waals surface area contributed by atoms with E-state index in [-0.39, 0.29) is 5.38 Å². The first-order chi connectivity index (χ1) is 9.62. The fourth-order valence-electron chi connectivity index (χ4n) is 1.85. The molecule has 108 valence electrons. The van der Waals surface area contributed by atoms with Gasteiger partial charge in [-0.05, 0) is 18.2 Å². The predicted octanol–water partition coefficient (Wildman–Crippen LogP) is 4.76. The molecule has 1 aromatic carbocycles. The highest BCUT2D eigenvalue weighted by atomic mass is 35.5. The second kappa shape index (κ2) is 6.57. The normalized spacial score (nSPS) is 12.1. The number of methoxy groups -OCH3 is 3. The molecule has 0 saturated carbocycles. The van der Waals surface area contributed by atoms with Crippen LogP contribution in [0.15, 0.2) is 23.6 Å². The molecule has 1 atom stereocenters. The highest BCUT2D eigenvalue weighted by Crippen LogP contribution is 2.45. The Morgan fingerprint density at radius 2 is 1.85 bits per heavy atom. The molecular formula is C14H14Cl2O3S. The van der Waals surface area contributed by atoms with Crippen LogP contribution in [0.25, 0.3) is 0 Å². The van der Waals surface area contributed by atoms with Gasteiger partial charge in [-0.15, -0.1) is 22.9 Å². The van der Waals surface area contributed by atoms with Crippen molar-refractivity contribution in [1.29, 1.82) is 0 Å². The van der Waals surface area contributed by atoms with E-state index in [1.807, 2.05) is 17.5 Å². The van der Waals surface area contributed by atoms with Crippen LogP contribution in [0.2, 0.25) is 5.02 Å². The molecule has 1 heterocycles. The summed E-state index contributed by atoms with van der Waals surface area (Å²) in [6, 6.07) is 5.54. The Labute approximate surface area is 132 Å². The maximum absolute atomic E-state index is 6.53. The molecule has 0 amide bonds. The van der Waals surface area contributed by atoms with E-state index < -0.39 is 0 Å². The van der Waals surface area contributed by atoms with Crippen molar-refractivity contribution in [1.82, 2.24) is 0 Å². The van der Waals surface area contributed by atoms with Gasteiger partial charge < -0.3 is 14.2 Å². The number of benzene rings is 1. The van der Waals surface area contributed by atoms with Gasteiger partial charge in [0.2, 0.25) is 0 Å². The fourth-order valence-corrected chi connectivity index (χ4v) is 3.41. The van der Waals surface area contributed by atoms with E-state index in [4.69, 9.17) is 37.4 Å². The van der Waals surface area contributed by atoms with Crippen molar-refractivity contribution >= 4 is 34.5 Å². The SMILES string of the molecule is COc1csc(C(Cl)c2ccc(OC)c(Cl)c2OC)c1. The summed E-state index contributed by atoms with van der Waals surface area (Å²) < 4.78 is 15.7. The van der Waals surface area contributed by atoms with Crippen molar-refractivity contribution in [3.63, 3.8) is 0 Å². The first-order valence-electron chi connectivity index (χ1n) is 5.79. The van der Waals surface area contributed by atoms with Crippen molar-refractivity contribution in [3.8, 4) is 17.2 Å². The van der Waals surface area contributed by atoms with Gasteiger partial charge in [-0.2, -0.15) is 0 Å². The standard InChI is InChI=1S/C14H14Cl2O3S/c1-17-8-6-11(20-7-8)12(15)9-4-5-10(18-2)13(16)14(9)19-3/h4-7,12H,1-3H3. The monoisotopic (exact) mass is 332 g/mol. The Balaban J connectivity index is 2.43. The molecule has 0 aliphatic rings. The van der Waals surface area contributed by atoms with Gasteiger partial charge in [0.25, 0.3) is 0 Å². The van der Waals surface area contributed by atoms with Gasteiger partial charge in [-0.1, -0.05) is 11.6 Å². The molecule has 0 bridgehead atoms. The van der Waals surface area contributed by atoms with Gasteiger partial charge in [-0.3, -0.25) is 0 Å². The lowest BCUT2D eigenvalue weighted by atomic mass is 10.1. The van der Waals surface area contributed by atoms with E-state index in [1.165, 1.54) is 11.3 Å². The summed E-state index contributed by atoms with van der Waals surface area (Å²) in [5.74, 6) is 1.87. The summed E-state index contributed by atoms with van der Waals surface area (Å²) in [4.78, 5) is 0.961. The molecule has 0 N–H and O–H groups in total. The van der Waals surface area contributed by atoms with E-state index >= 15 is 0 Å². The van der Waals surface area contributed by atoms with Gasteiger partial charge in [0.1, 0.15) is 22.3 Å². The molecule has 1 unspecified atom stereocenters. The van der Waals surface area contributed by atoms with E-state index in [0.717, 1.165) is 16.2 Å². The molecule has 0 radical (unpaired) electrons. The topological polar surface area (TPSA) is 27.7 Å². The predicted molar refractivity (Wildman–Crippen MR) is 83.1 cm³/mol. The third kappa shape index (κ3) is 2.82. The van der Waals surface area contributed by atoms with Crippen LogP contribution in [0, 0.1) is 0 Å². The molecule has 0 spiro atoms. The quantitative estimate of drug-likeness (QED) is 0.739. The molecule has 2 rings (SSSR count). The second-order valence-electron chi connectivity index (χ2n) is 3.96. The van der Waals surface area contributed by atoms with Gasteiger partial charge >= 0.3 is 0 Å². The third-order valence-electron chi connectivity index (χ3n) is 2.87. The van der Waals surface area contributed by atoms with E-state index in [1.54, 1.807) is 27.4 Å². The highest BCUT2D eigenvalue weighted by molar-refractivity contribution is 7.10. The number of rotatable bonds is 5. The second-order valence-corrected chi connectivity index (χ2v) is 5.71. The molecule has 20 heavy (non-hydrogen) atoms. The minimum absolute atomic E-state index is 0.359. The van der Waals surface area contributed by atoms with E-state index in [0.29, 0.717) is 16.5 Å². The van der Waals surface area contributed by atoms with Crippen LogP contribution in [-0.2, 0) is 0 Å². The largest absolute Gasteiger partial charge is 0.496 e. The van der Waals surface area contributed by atoms with Gasteiger partial charge in [0, 0.05) is 15.8 Å². The molecule has 6 heteroatoms. The average Bonchev–Trinajstić information content (AvgIpc) is 2.95. The van der Waals surface area contributed by atoms with Gasteiger partial charge in [0.15, 0.2) is 0 Å². The summed E-state index contributed by atoms with van der Waals surface area (Å²) in [5, 5.41) is 1.96.